The van der Waals surface area contributed by atoms with Gasteiger partial charge in [-0.1, -0.05) is 11.3 Å². The van der Waals surface area contributed by atoms with Gasteiger partial charge in [0.1, 0.15) is 0 Å². The molecule has 0 aliphatic heterocycles. The van der Waals surface area contributed by atoms with Crippen molar-refractivity contribution < 1.29 is 4.74 Å². The van der Waals surface area contributed by atoms with E-state index in [9.17, 15) is 0 Å². The van der Waals surface area contributed by atoms with Gasteiger partial charge in [0.2, 0.25) is 0 Å². The van der Waals surface area contributed by atoms with Crippen LogP contribution in [0.5, 0.6) is 0 Å². The SMILES string of the molecule is CCOCCCSc1sc(N)nc1C. The predicted molar refractivity (Wildman–Crippen MR) is 63.1 cm³/mol. The Balaban J connectivity index is 2.21. The van der Waals surface area contributed by atoms with Crippen molar-refractivity contribution in [2.45, 2.75) is 24.5 Å². The third-order valence-electron chi connectivity index (χ3n) is 1.64. The third kappa shape index (κ3) is 3.86. The molecule has 80 valence electrons. The van der Waals surface area contributed by atoms with Crippen LogP contribution in [-0.2, 0) is 4.74 Å². The minimum Gasteiger partial charge on any atom is -0.382 e. The maximum Gasteiger partial charge on any atom is 0.181 e. The zero-order valence-corrected chi connectivity index (χ0v) is 10.2. The first-order valence-electron chi connectivity index (χ1n) is 4.67. The second-order valence-electron chi connectivity index (χ2n) is 2.82. The van der Waals surface area contributed by atoms with Crippen molar-refractivity contribution in [3.8, 4) is 0 Å². The summed E-state index contributed by atoms with van der Waals surface area (Å²) in [5.74, 6) is 1.07. The molecular weight excluding hydrogens is 216 g/mol. The van der Waals surface area contributed by atoms with E-state index in [-0.39, 0.29) is 0 Å². The molecule has 0 unspecified atom stereocenters. The molecule has 1 heterocycles. The summed E-state index contributed by atoms with van der Waals surface area (Å²) in [6.45, 7) is 5.66. The molecule has 0 saturated heterocycles. The first-order chi connectivity index (χ1) is 6.74. The molecule has 0 fully saturated rings. The van der Waals surface area contributed by atoms with Gasteiger partial charge in [0.25, 0.3) is 0 Å². The molecule has 0 spiro atoms. The zero-order chi connectivity index (χ0) is 10.4. The third-order valence-corrected chi connectivity index (χ3v) is 4.08. The highest BCUT2D eigenvalue weighted by Crippen LogP contribution is 2.30. The normalized spacial score (nSPS) is 10.7. The topological polar surface area (TPSA) is 48.1 Å². The number of thioether (sulfide) groups is 1. The van der Waals surface area contributed by atoms with Crippen LogP contribution in [0, 0.1) is 6.92 Å². The number of hydrogen-bond donors (Lipinski definition) is 1. The first-order valence-corrected chi connectivity index (χ1v) is 6.47. The molecular formula is C9H16N2OS2. The number of nitrogen functional groups attached to an aromatic ring is 1. The number of nitrogens with two attached hydrogens (primary N) is 1. The molecule has 2 N–H and O–H groups in total. The number of anilines is 1. The average Bonchev–Trinajstić information content (AvgIpc) is 2.45. The number of hydrogen-bond acceptors (Lipinski definition) is 5. The van der Waals surface area contributed by atoms with Gasteiger partial charge in [-0.25, -0.2) is 4.98 Å². The molecule has 5 heteroatoms. The average molecular weight is 232 g/mol. The second-order valence-corrected chi connectivity index (χ2v) is 5.22. The predicted octanol–water partition coefficient (Wildman–Crippen LogP) is 2.55. The summed E-state index contributed by atoms with van der Waals surface area (Å²) in [7, 11) is 0. The van der Waals surface area contributed by atoms with E-state index in [2.05, 4.69) is 4.98 Å². The summed E-state index contributed by atoms with van der Waals surface area (Å²) in [5, 5.41) is 0.662. The summed E-state index contributed by atoms with van der Waals surface area (Å²) in [6.07, 6.45) is 1.08. The Labute approximate surface area is 93.1 Å². The monoisotopic (exact) mass is 232 g/mol. The lowest BCUT2D eigenvalue weighted by Crippen LogP contribution is -1.94. The summed E-state index contributed by atoms with van der Waals surface area (Å²) >= 11 is 3.38. The van der Waals surface area contributed by atoms with Crippen LogP contribution in [0.3, 0.4) is 0 Å². The van der Waals surface area contributed by atoms with Crippen molar-refractivity contribution in [2.75, 3.05) is 24.7 Å². The van der Waals surface area contributed by atoms with Crippen LogP contribution in [0.4, 0.5) is 5.13 Å². The fourth-order valence-electron chi connectivity index (χ4n) is 1.01. The fourth-order valence-corrected chi connectivity index (χ4v) is 3.02. The van der Waals surface area contributed by atoms with Crippen LogP contribution in [0.1, 0.15) is 19.0 Å². The molecule has 1 rings (SSSR count). The number of ether oxygens (including phenoxy) is 1. The van der Waals surface area contributed by atoms with Crippen molar-refractivity contribution >= 4 is 28.2 Å². The quantitative estimate of drug-likeness (QED) is 0.605. The molecule has 14 heavy (non-hydrogen) atoms. The molecule has 0 aromatic carbocycles. The lowest BCUT2D eigenvalue weighted by Gasteiger charge is -2.00. The van der Waals surface area contributed by atoms with Crippen LogP contribution >= 0.6 is 23.1 Å². The molecule has 1 aromatic heterocycles. The van der Waals surface area contributed by atoms with E-state index in [0.717, 1.165) is 31.1 Å². The van der Waals surface area contributed by atoms with Crippen molar-refractivity contribution in [1.29, 1.82) is 0 Å². The van der Waals surface area contributed by atoms with E-state index >= 15 is 0 Å². The highest BCUT2D eigenvalue weighted by molar-refractivity contribution is 8.01. The van der Waals surface area contributed by atoms with Crippen molar-refractivity contribution in [2.24, 2.45) is 0 Å². The zero-order valence-electron chi connectivity index (χ0n) is 8.58. The Kier molecular flexibility index (Phi) is 5.29. The smallest absolute Gasteiger partial charge is 0.181 e. The second kappa shape index (κ2) is 6.27. The maximum atomic E-state index is 5.60. The number of nitrogens with zero attached hydrogens (tertiary/aromatic N) is 1. The van der Waals surface area contributed by atoms with Crippen LogP contribution < -0.4 is 5.73 Å². The van der Waals surface area contributed by atoms with Gasteiger partial charge in [-0.05, 0) is 20.3 Å². The molecule has 1 aromatic rings. The van der Waals surface area contributed by atoms with E-state index in [1.54, 1.807) is 11.3 Å². The Bertz CT molecular complexity index is 276. The summed E-state index contributed by atoms with van der Waals surface area (Å²) in [6, 6.07) is 0. The number of aromatic nitrogens is 1. The van der Waals surface area contributed by atoms with Gasteiger partial charge in [0, 0.05) is 19.0 Å². The molecule has 0 atom stereocenters. The molecule has 3 nitrogen and oxygen atoms in total. The Morgan fingerprint density at radius 3 is 2.93 bits per heavy atom. The fraction of sp³-hybridized carbons (Fsp3) is 0.667. The van der Waals surface area contributed by atoms with Crippen LogP contribution in [0.25, 0.3) is 0 Å². The number of rotatable bonds is 6. The number of aryl methyl sites for hydroxylation is 1. The van der Waals surface area contributed by atoms with Crippen molar-refractivity contribution in [1.82, 2.24) is 4.98 Å². The van der Waals surface area contributed by atoms with Gasteiger partial charge in [0.05, 0.1) is 9.90 Å². The summed E-state index contributed by atoms with van der Waals surface area (Å²) in [4.78, 5) is 4.17. The Morgan fingerprint density at radius 2 is 2.36 bits per heavy atom. The molecule has 0 aliphatic rings. The largest absolute Gasteiger partial charge is 0.382 e. The molecule has 0 radical (unpaired) electrons. The van der Waals surface area contributed by atoms with Crippen molar-refractivity contribution in [3.05, 3.63) is 5.69 Å². The Morgan fingerprint density at radius 1 is 1.57 bits per heavy atom. The van der Waals surface area contributed by atoms with Gasteiger partial charge in [0.15, 0.2) is 5.13 Å². The standard InChI is InChI=1S/C9H16N2OS2/c1-3-12-5-4-6-13-8-7(2)11-9(10)14-8/h3-6H2,1-2H3,(H2,10,11). The van der Waals surface area contributed by atoms with Gasteiger partial charge in [-0.3, -0.25) is 0 Å². The summed E-state index contributed by atoms with van der Waals surface area (Å²) in [5.41, 5.74) is 6.65. The van der Waals surface area contributed by atoms with Gasteiger partial charge in [-0.2, -0.15) is 0 Å². The van der Waals surface area contributed by atoms with Gasteiger partial charge >= 0.3 is 0 Å². The van der Waals surface area contributed by atoms with Gasteiger partial charge in [-0.15, -0.1) is 11.8 Å². The molecule has 0 bridgehead atoms. The highest BCUT2D eigenvalue weighted by Gasteiger charge is 2.04. The van der Waals surface area contributed by atoms with E-state index in [4.69, 9.17) is 10.5 Å². The summed E-state index contributed by atoms with van der Waals surface area (Å²) < 4.78 is 6.49. The highest BCUT2D eigenvalue weighted by atomic mass is 32.2. The molecule has 0 amide bonds. The van der Waals surface area contributed by atoms with Crippen LogP contribution in [0.2, 0.25) is 0 Å². The minimum absolute atomic E-state index is 0.662. The molecule has 0 aliphatic carbocycles. The van der Waals surface area contributed by atoms with Gasteiger partial charge < -0.3 is 10.5 Å². The van der Waals surface area contributed by atoms with E-state index in [1.807, 2.05) is 25.6 Å². The van der Waals surface area contributed by atoms with Crippen LogP contribution in [-0.4, -0.2) is 24.0 Å². The van der Waals surface area contributed by atoms with Crippen LogP contribution in [0.15, 0.2) is 4.21 Å². The maximum absolute atomic E-state index is 5.60. The van der Waals surface area contributed by atoms with E-state index in [0.29, 0.717) is 5.13 Å². The first kappa shape index (κ1) is 11.8. The number of thiazole rings is 1. The van der Waals surface area contributed by atoms with Crippen molar-refractivity contribution in [3.63, 3.8) is 0 Å². The minimum atomic E-state index is 0.662. The lowest BCUT2D eigenvalue weighted by atomic mass is 10.5. The Hall–Kier alpha value is -0.260. The van der Waals surface area contributed by atoms with E-state index < -0.39 is 0 Å². The molecule has 0 saturated carbocycles. The van der Waals surface area contributed by atoms with E-state index in [1.165, 1.54) is 4.21 Å². The lowest BCUT2D eigenvalue weighted by molar-refractivity contribution is 0.149.